The summed E-state index contributed by atoms with van der Waals surface area (Å²) in [7, 11) is 0. The molecular weight excluding hydrogens is 431 g/mol. The lowest BCUT2D eigenvalue weighted by Crippen LogP contribution is -2.02. The van der Waals surface area contributed by atoms with Crippen molar-refractivity contribution in [3.05, 3.63) is 60.8 Å². The third-order valence-corrected chi connectivity index (χ3v) is 4.45. The zero-order chi connectivity index (χ0) is 13.1. The van der Waals surface area contributed by atoms with E-state index in [4.69, 9.17) is 11.6 Å². The highest BCUT2D eigenvalue weighted by Gasteiger charge is 2.06. The van der Waals surface area contributed by atoms with Gasteiger partial charge in [-0.05, 0) is 68.3 Å². The molecule has 2 aromatic carbocycles. The predicted octanol–water partition coefficient (Wildman–Crippen LogP) is 5.46. The average molecular weight is 440 g/mol. The molecule has 0 heterocycles. The van der Waals surface area contributed by atoms with E-state index in [0.29, 0.717) is 16.0 Å². The van der Waals surface area contributed by atoms with E-state index in [1.807, 2.05) is 24.3 Å². The largest absolute Gasteiger partial charge is 0.380 e. The summed E-state index contributed by atoms with van der Waals surface area (Å²) in [6.45, 7) is 0.552. The Labute approximate surface area is 132 Å². The second-order valence-corrected chi connectivity index (χ2v) is 6.08. The third-order valence-electron chi connectivity index (χ3n) is 2.43. The molecule has 0 fully saturated rings. The molecule has 2 rings (SSSR count). The molecule has 0 atom stereocenters. The van der Waals surface area contributed by atoms with Gasteiger partial charge in [-0.25, -0.2) is 4.39 Å². The van der Waals surface area contributed by atoms with E-state index >= 15 is 0 Å². The van der Waals surface area contributed by atoms with Gasteiger partial charge in [-0.3, -0.25) is 0 Å². The number of halogens is 4. The molecule has 0 bridgehead atoms. The van der Waals surface area contributed by atoms with Gasteiger partial charge in [0.1, 0.15) is 5.82 Å². The second kappa shape index (κ2) is 6.21. The van der Waals surface area contributed by atoms with Crippen molar-refractivity contribution in [1.82, 2.24) is 0 Å². The zero-order valence-electron chi connectivity index (χ0n) is 9.18. The molecule has 1 N–H and O–H groups in total. The van der Waals surface area contributed by atoms with Crippen LogP contribution in [0.5, 0.6) is 0 Å². The van der Waals surface area contributed by atoms with Crippen molar-refractivity contribution < 1.29 is 4.39 Å². The molecule has 2 aromatic rings. The Morgan fingerprint density at radius 3 is 2.78 bits per heavy atom. The number of benzene rings is 2. The van der Waals surface area contributed by atoms with Gasteiger partial charge in [0.05, 0.1) is 4.47 Å². The monoisotopic (exact) mass is 439 g/mol. The standard InChI is InChI=1S/C13H9BrClFIN/c14-13-8(2-1-3-10(13)16)7-18-12-5-4-9(15)6-11(12)17/h1-6,18H,7H2. The van der Waals surface area contributed by atoms with Crippen LogP contribution in [0.2, 0.25) is 5.02 Å². The maximum atomic E-state index is 13.3. The molecule has 0 amide bonds. The number of anilines is 1. The molecule has 0 unspecified atom stereocenters. The van der Waals surface area contributed by atoms with E-state index in [1.54, 1.807) is 6.07 Å². The third kappa shape index (κ3) is 3.36. The number of hydrogen-bond donors (Lipinski definition) is 1. The molecular formula is C13H9BrClFIN. The summed E-state index contributed by atoms with van der Waals surface area (Å²) in [5, 5.41) is 3.97. The quantitative estimate of drug-likeness (QED) is 0.625. The van der Waals surface area contributed by atoms with Gasteiger partial charge in [0.15, 0.2) is 0 Å². The highest BCUT2D eigenvalue weighted by molar-refractivity contribution is 14.1. The molecule has 0 aliphatic heterocycles. The minimum absolute atomic E-state index is 0.250. The van der Waals surface area contributed by atoms with Gasteiger partial charge < -0.3 is 5.32 Å². The van der Waals surface area contributed by atoms with Crippen LogP contribution in [-0.2, 0) is 6.54 Å². The Bertz CT molecular complexity index is 577. The fourth-order valence-corrected chi connectivity index (χ4v) is 2.97. The van der Waals surface area contributed by atoms with Crippen molar-refractivity contribution in [2.45, 2.75) is 6.54 Å². The lowest BCUT2D eigenvalue weighted by molar-refractivity contribution is 0.618. The van der Waals surface area contributed by atoms with E-state index in [1.165, 1.54) is 6.07 Å². The fourth-order valence-electron chi connectivity index (χ4n) is 1.51. The molecule has 0 aliphatic carbocycles. The number of nitrogens with one attached hydrogen (secondary N) is 1. The van der Waals surface area contributed by atoms with Crippen LogP contribution in [0, 0.1) is 9.39 Å². The molecule has 0 saturated carbocycles. The minimum Gasteiger partial charge on any atom is -0.380 e. The highest BCUT2D eigenvalue weighted by Crippen LogP contribution is 2.25. The Hall–Kier alpha value is -0.330. The minimum atomic E-state index is -0.250. The zero-order valence-corrected chi connectivity index (χ0v) is 13.7. The van der Waals surface area contributed by atoms with Gasteiger partial charge >= 0.3 is 0 Å². The van der Waals surface area contributed by atoms with Crippen molar-refractivity contribution in [2.24, 2.45) is 0 Å². The summed E-state index contributed by atoms with van der Waals surface area (Å²) in [6.07, 6.45) is 0. The van der Waals surface area contributed by atoms with Gasteiger partial charge in [0.2, 0.25) is 0 Å². The van der Waals surface area contributed by atoms with E-state index in [-0.39, 0.29) is 5.82 Å². The van der Waals surface area contributed by atoms with Crippen molar-refractivity contribution in [1.29, 1.82) is 0 Å². The molecule has 18 heavy (non-hydrogen) atoms. The Kier molecular flexibility index (Phi) is 4.86. The van der Waals surface area contributed by atoms with Gasteiger partial charge in [-0.2, -0.15) is 0 Å². The maximum Gasteiger partial charge on any atom is 0.137 e. The van der Waals surface area contributed by atoms with Gasteiger partial charge in [0.25, 0.3) is 0 Å². The van der Waals surface area contributed by atoms with Gasteiger partial charge in [0, 0.05) is 20.8 Å². The first kappa shape index (κ1) is 14.1. The molecule has 0 saturated heterocycles. The molecule has 0 aromatic heterocycles. The van der Waals surface area contributed by atoms with Crippen LogP contribution in [0.15, 0.2) is 40.9 Å². The van der Waals surface area contributed by atoms with E-state index in [0.717, 1.165) is 14.8 Å². The average Bonchev–Trinajstić information content (AvgIpc) is 2.33. The van der Waals surface area contributed by atoms with Crippen LogP contribution in [0.25, 0.3) is 0 Å². The Balaban J connectivity index is 2.14. The normalized spacial score (nSPS) is 10.4. The lowest BCUT2D eigenvalue weighted by atomic mass is 10.2. The highest BCUT2D eigenvalue weighted by atomic mass is 127. The number of rotatable bonds is 3. The van der Waals surface area contributed by atoms with E-state index < -0.39 is 0 Å². The van der Waals surface area contributed by atoms with Crippen molar-refractivity contribution in [3.63, 3.8) is 0 Å². The summed E-state index contributed by atoms with van der Waals surface area (Å²) >= 11 is 11.3. The lowest BCUT2D eigenvalue weighted by Gasteiger charge is -2.10. The number of hydrogen-bond acceptors (Lipinski definition) is 1. The van der Waals surface area contributed by atoms with Crippen molar-refractivity contribution in [2.75, 3.05) is 5.32 Å². The van der Waals surface area contributed by atoms with Gasteiger partial charge in [-0.1, -0.05) is 23.7 Å². The molecule has 0 radical (unpaired) electrons. The van der Waals surface area contributed by atoms with E-state index in [9.17, 15) is 4.39 Å². The van der Waals surface area contributed by atoms with Crippen LogP contribution >= 0.6 is 50.1 Å². The molecule has 0 aliphatic rings. The van der Waals surface area contributed by atoms with Crippen LogP contribution in [0.4, 0.5) is 10.1 Å². The smallest absolute Gasteiger partial charge is 0.137 e. The molecule has 0 spiro atoms. The summed E-state index contributed by atoms with van der Waals surface area (Å²) in [6, 6.07) is 10.6. The van der Waals surface area contributed by atoms with Crippen LogP contribution in [0.3, 0.4) is 0 Å². The van der Waals surface area contributed by atoms with Crippen molar-refractivity contribution >= 4 is 55.8 Å². The Morgan fingerprint density at radius 1 is 1.28 bits per heavy atom. The van der Waals surface area contributed by atoms with E-state index in [2.05, 4.69) is 43.8 Å². The van der Waals surface area contributed by atoms with Gasteiger partial charge in [-0.15, -0.1) is 0 Å². The SMILES string of the molecule is Fc1cccc(CNc2ccc(Cl)cc2I)c1Br. The maximum absolute atomic E-state index is 13.3. The topological polar surface area (TPSA) is 12.0 Å². The van der Waals surface area contributed by atoms with Crippen LogP contribution in [0.1, 0.15) is 5.56 Å². The summed E-state index contributed by atoms with van der Waals surface area (Å²) in [5.41, 5.74) is 1.86. The van der Waals surface area contributed by atoms with Crippen LogP contribution in [-0.4, -0.2) is 0 Å². The predicted molar refractivity (Wildman–Crippen MR) is 85.6 cm³/mol. The second-order valence-electron chi connectivity index (χ2n) is 3.69. The summed E-state index contributed by atoms with van der Waals surface area (Å²) in [5.74, 6) is -0.250. The first-order valence-corrected chi connectivity index (χ1v) is 7.44. The fraction of sp³-hybridized carbons (Fsp3) is 0.0769. The molecule has 5 heteroatoms. The summed E-state index contributed by atoms with van der Waals surface area (Å²) in [4.78, 5) is 0. The Morgan fingerprint density at radius 2 is 2.06 bits per heavy atom. The summed E-state index contributed by atoms with van der Waals surface area (Å²) < 4.78 is 14.9. The first-order valence-electron chi connectivity index (χ1n) is 5.20. The van der Waals surface area contributed by atoms with Crippen LogP contribution < -0.4 is 5.32 Å². The molecule has 94 valence electrons. The molecule has 1 nitrogen and oxygen atoms in total. The first-order chi connectivity index (χ1) is 8.58. The van der Waals surface area contributed by atoms with Crippen molar-refractivity contribution in [3.8, 4) is 0 Å².